The Labute approximate surface area is 152 Å². The van der Waals surface area contributed by atoms with Crippen molar-refractivity contribution in [2.75, 3.05) is 12.4 Å². The SMILES string of the molecule is COc1ccc(C(=O)N/N=C(/C)c2cccc(NC(=O)C3CC3)c2)cc1. The third-order valence-corrected chi connectivity index (χ3v) is 4.17. The van der Waals surface area contributed by atoms with Gasteiger partial charge < -0.3 is 10.1 Å². The lowest BCUT2D eigenvalue weighted by atomic mass is 10.1. The average molecular weight is 351 g/mol. The number of carbonyl (C=O) groups is 2. The van der Waals surface area contributed by atoms with E-state index in [1.54, 1.807) is 38.3 Å². The zero-order valence-electron chi connectivity index (χ0n) is 14.8. The molecule has 1 fully saturated rings. The van der Waals surface area contributed by atoms with E-state index in [4.69, 9.17) is 4.74 Å². The minimum absolute atomic E-state index is 0.0598. The first kappa shape index (κ1) is 17.7. The molecular formula is C20H21N3O3. The number of anilines is 1. The molecule has 0 spiro atoms. The number of methoxy groups -OCH3 is 1. The van der Waals surface area contributed by atoms with E-state index in [1.165, 1.54) is 0 Å². The van der Waals surface area contributed by atoms with E-state index in [2.05, 4.69) is 15.8 Å². The number of ether oxygens (including phenoxy) is 1. The fraction of sp³-hybridized carbons (Fsp3) is 0.250. The van der Waals surface area contributed by atoms with Crippen molar-refractivity contribution in [3.05, 3.63) is 59.7 Å². The molecule has 0 atom stereocenters. The van der Waals surface area contributed by atoms with Crippen molar-refractivity contribution in [3.63, 3.8) is 0 Å². The molecule has 2 aromatic carbocycles. The molecular weight excluding hydrogens is 330 g/mol. The number of hydrazone groups is 1. The lowest BCUT2D eigenvalue weighted by Gasteiger charge is -2.07. The predicted octanol–water partition coefficient (Wildman–Crippen LogP) is 3.20. The first-order valence-corrected chi connectivity index (χ1v) is 8.47. The lowest BCUT2D eigenvalue weighted by molar-refractivity contribution is -0.117. The molecule has 6 nitrogen and oxygen atoms in total. The van der Waals surface area contributed by atoms with Gasteiger partial charge in [-0.25, -0.2) is 5.43 Å². The standard InChI is InChI=1S/C20H21N3O3/c1-13(22-23-20(25)15-8-10-18(26-2)11-9-15)16-4-3-5-17(12-16)21-19(24)14-6-7-14/h3-5,8-12,14H,6-7H2,1-2H3,(H,21,24)(H,23,25)/b22-13-. The molecule has 26 heavy (non-hydrogen) atoms. The molecule has 6 heteroatoms. The Hall–Kier alpha value is -3.15. The second-order valence-corrected chi connectivity index (χ2v) is 6.21. The van der Waals surface area contributed by atoms with Gasteiger partial charge in [0.2, 0.25) is 5.91 Å². The summed E-state index contributed by atoms with van der Waals surface area (Å²) in [5.74, 6) is 0.596. The molecule has 2 amide bonds. The van der Waals surface area contributed by atoms with Gasteiger partial charge in [-0.1, -0.05) is 12.1 Å². The highest BCUT2D eigenvalue weighted by Crippen LogP contribution is 2.30. The van der Waals surface area contributed by atoms with Gasteiger partial charge >= 0.3 is 0 Å². The van der Waals surface area contributed by atoms with Crippen LogP contribution in [0.25, 0.3) is 0 Å². The summed E-state index contributed by atoms with van der Waals surface area (Å²) in [6.45, 7) is 1.80. The maximum atomic E-state index is 12.2. The van der Waals surface area contributed by atoms with Crippen LogP contribution in [0.3, 0.4) is 0 Å². The topological polar surface area (TPSA) is 79.8 Å². The van der Waals surface area contributed by atoms with E-state index in [1.807, 2.05) is 24.3 Å². The van der Waals surface area contributed by atoms with Gasteiger partial charge in [-0.15, -0.1) is 0 Å². The highest BCUT2D eigenvalue weighted by Gasteiger charge is 2.29. The number of hydrogen-bond acceptors (Lipinski definition) is 4. The summed E-state index contributed by atoms with van der Waals surface area (Å²) < 4.78 is 5.07. The summed E-state index contributed by atoms with van der Waals surface area (Å²) in [5.41, 5.74) is 5.24. The van der Waals surface area contributed by atoms with Gasteiger partial charge in [-0.2, -0.15) is 5.10 Å². The van der Waals surface area contributed by atoms with Gasteiger partial charge in [0.05, 0.1) is 12.8 Å². The Morgan fingerprint density at radius 2 is 1.81 bits per heavy atom. The van der Waals surface area contributed by atoms with Crippen molar-refractivity contribution in [1.29, 1.82) is 0 Å². The van der Waals surface area contributed by atoms with E-state index in [9.17, 15) is 9.59 Å². The smallest absolute Gasteiger partial charge is 0.271 e. The quantitative estimate of drug-likeness (QED) is 0.619. The highest BCUT2D eigenvalue weighted by molar-refractivity contribution is 6.02. The Morgan fingerprint density at radius 3 is 2.46 bits per heavy atom. The molecule has 134 valence electrons. The minimum atomic E-state index is -0.301. The van der Waals surface area contributed by atoms with Crippen LogP contribution in [0, 0.1) is 5.92 Å². The van der Waals surface area contributed by atoms with Crippen LogP contribution in [0.2, 0.25) is 0 Å². The summed E-state index contributed by atoms with van der Waals surface area (Å²) in [5, 5.41) is 7.06. The van der Waals surface area contributed by atoms with Crippen LogP contribution in [-0.4, -0.2) is 24.6 Å². The summed E-state index contributed by atoms with van der Waals surface area (Å²) in [7, 11) is 1.57. The molecule has 1 aliphatic rings. The maximum Gasteiger partial charge on any atom is 0.271 e. The number of benzene rings is 2. The molecule has 2 N–H and O–H groups in total. The third-order valence-electron chi connectivity index (χ3n) is 4.17. The fourth-order valence-electron chi connectivity index (χ4n) is 2.42. The van der Waals surface area contributed by atoms with Crippen LogP contribution >= 0.6 is 0 Å². The van der Waals surface area contributed by atoms with Gasteiger partial charge in [0.25, 0.3) is 5.91 Å². The van der Waals surface area contributed by atoms with Crippen molar-refractivity contribution < 1.29 is 14.3 Å². The Balaban J connectivity index is 1.64. The second-order valence-electron chi connectivity index (χ2n) is 6.21. The van der Waals surface area contributed by atoms with Crippen molar-refractivity contribution >= 4 is 23.2 Å². The first-order chi connectivity index (χ1) is 12.6. The molecule has 0 radical (unpaired) electrons. The summed E-state index contributed by atoms with van der Waals surface area (Å²) in [6.07, 6.45) is 1.92. The molecule has 1 aliphatic carbocycles. The maximum absolute atomic E-state index is 12.2. The van der Waals surface area contributed by atoms with E-state index in [0.717, 1.165) is 24.1 Å². The second kappa shape index (κ2) is 7.82. The normalized spacial score (nSPS) is 13.8. The lowest BCUT2D eigenvalue weighted by Crippen LogP contribution is -2.19. The van der Waals surface area contributed by atoms with Crippen molar-refractivity contribution in [3.8, 4) is 5.75 Å². The largest absolute Gasteiger partial charge is 0.497 e. The third kappa shape index (κ3) is 4.47. The zero-order chi connectivity index (χ0) is 18.5. The average Bonchev–Trinajstić information content (AvgIpc) is 3.51. The van der Waals surface area contributed by atoms with E-state index < -0.39 is 0 Å². The predicted molar refractivity (Wildman–Crippen MR) is 100 cm³/mol. The monoisotopic (exact) mass is 351 g/mol. The summed E-state index contributed by atoms with van der Waals surface area (Å²) in [4.78, 5) is 24.0. The Bertz CT molecular complexity index is 840. The van der Waals surface area contributed by atoms with Crippen LogP contribution in [0.1, 0.15) is 35.7 Å². The van der Waals surface area contributed by atoms with Gasteiger partial charge in [-0.3, -0.25) is 9.59 Å². The van der Waals surface area contributed by atoms with Crippen LogP contribution in [0.5, 0.6) is 5.75 Å². The number of nitrogens with one attached hydrogen (secondary N) is 2. The van der Waals surface area contributed by atoms with Crippen molar-refractivity contribution in [2.24, 2.45) is 11.0 Å². The fourth-order valence-corrected chi connectivity index (χ4v) is 2.42. The summed E-state index contributed by atoms with van der Waals surface area (Å²) in [6, 6.07) is 14.2. The molecule has 0 aromatic heterocycles. The number of amides is 2. The molecule has 0 unspecified atom stereocenters. The minimum Gasteiger partial charge on any atom is -0.497 e. The molecule has 3 rings (SSSR count). The summed E-state index contributed by atoms with van der Waals surface area (Å²) >= 11 is 0. The van der Waals surface area contributed by atoms with Gasteiger partial charge in [0.1, 0.15) is 5.75 Å². The van der Waals surface area contributed by atoms with E-state index in [-0.39, 0.29) is 17.7 Å². The Morgan fingerprint density at radius 1 is 1.08 bits per heavy atom. The molecule has 0 aliphatic heterocycles. The van der Waals surface area contributed by atoms with Gasteiger partial charge in [0, 0.05) is 17.2 Å². The molecule has 1 saturated carbocycles. The Kier molecular flexibility index (Phi) is 5.31. The molecule has 2 aromatic rings. The number of rotatable bonds is 6. The van der Waals surface area contributed by atoms with Crippen LogP contribution in [0.15, 0.2) is 53.6 Å². The number of hydrogen-bond donors (Lipinski definition) is 2. The zero-order valence-corrected chi connectivity index (χ0v) is 14.8. The van der Waals surface area contributed by atoms with Crippen molar-refractivity contribution in [1.82, 2.24) is 5.43 Å². The first-order valence-electron chi connectivity index (χ1n) is 8.47. The van der Waals surface area contributed by atoms with Crippen molar-refractivity contribution in [2.45, 2.75) is 19.8 Å². The van der Waals surface area contributed by atoms with Gasteiger partial charge in [-0.05, 0) is 61.7 Å². The van der Waals surface area contributed by atoms with E-state index >= 15 is 0 Å². The molecule has 0 saturated heterocycles. The number of nitrogens with zero attached hydrogens (tertiary/aromatic N) is 1. The molecule has 0 heterocycles. The van der Waals surface area contributed by atoms with Crippen LogP contribution < -0.4 is 15.5 Å². The molecule has 0 bridgehead atoms. The van der Waals surface area contributed by atoms with Gasteiger partial charge in [0.15, 0.2) is 0 Å². The highest BCUT2D eigenvalue weighted by atomic mass is 16.5. The number of carbonyl (C=O) groups excluding carboxylic acids is 2. The van der Waals surface area contributed by atoms with Crippen LogP contribution in [-0.2, 0) is 4.79 Å². The van der Waals surface area contributed by atoms with E-state index in [0.29, 0.717) is 17.0 Å². The van der Waals surface area contributed by atoms with Crippen LogP contribution in [0.4, 0.5) is 5.69 Å².